The maximum Gasteiger partial charge on any atom is 0.0192 e. The topological polar surface area (TPSA) is 36.1 Å². The van der Waals surface area contributed by atoms with E-state index >= 15 is 0 Å². The molecule has 4 aliphatic rings. The smallest absolute Gasteiger partial charge is 0.0192 e. The first-order valence-electron chi connectivity index (χ1n) is 11.8. The fourth-order valence-electron chi connectivity index (χ4n) is 6.94. The molecule has 26 heavy (non-hydrogen) atoms. The van der Waals surface area contributed by atoms with E-state index in [1.165, 1.54) is 38.6 Å². The Morgan fingerprint density at radius 3 is 1.85 bits per heavy atom. The van der Waals surface area contributed by atoms with Crippen LogP contribution in [0.4, 0.5) is 0 Å². The molecule has 0 aromatic heterocycles. The Bertz CT molecular complexity index is 367. The van der Waals surface area contributed by atoms with E-state index in [-0.39, 0.29) is 0 Å². The lowest BCUT2D eigenvalue weighted by atomic mass is 9.49. The Hall–Kier alpha value is -0.120. The summed E-state index contributed by atoms with van der Waals surface area (Å²) >= 11 is 0. The monoisotopic (exact) mass is 363 g/mol. The Morgan fingerprint density at radius 1 is 0.808 bits per heavy atom. The van der Waals surface area contributed by atoms with Gasteiger partial charge in [0.05, 0.1) is 0 Å². The number of hydrogen-bond acceptors (Lipinski definition) is 3. The zero-order valence-corrected chi connectivity index (χ0v) is 17.8. The quantitative estimate of drug-likeness (QED) is 0.456. The number of likely N-dealkylation sites (N-methyl/N-ethyl adjacent to an activating group) is 1. The Balaban J connectivity index is 1.42. The molecule has 0 aliphatic heterocycles. The highest BCUT2D eigenvalue weighted by Crippen LogP contribution is 2.61. The molecular formula is C23H45N3. The molecule has 0 spiro atoms. The molecule has 0 amide bonds. The molecule has 0 radical (unpaired) electrons. The maximum atomic E-state index is 3.95. The molecule has 152 valence electrons. The predicted octanol–water partition coefficient (Wildman–Crippen LogP) is 4.33. The van der Waals surface area contributed by atoms with Gasteiger partial charge in [0.25, 0.3) is 0 Å². The average Bonchev–Trinajstić information content (AvgIpc) is 2.58. The summed E-state index contributed by atoms with van der Waals surface area (Å²) in [4.78, 5) is 0. The van der Waals surface area contributed by atoms with Crippen LogP contribution < -0.4 is 16.0 Å². The lowest BCUT2D eigenvalue weighted by Gasteiger charge is -2.57. The fraction of sp³-hybridized carbons (Fsp3) is 1.00. The minimum Gasteiger partial charge on any atom is -0.318 e. The average molecular weight is 364 g/mol. The maximum absolute atomic E-state index is 3.95. The van der Waals surface area contributed by atoms with Gasteiger partial charge in [-0.25, -0.2) is 0 Å². The molecule has 4 saturated carbocycles. The van der Waals surface area contributed by atoms with E-state index in [9.17, 15) is 0 Å². The standard InChI is InChI=1S/C23H45N3/c1-4-6-21(16-24-3)26-17-22(7-5-2)25-9-8-23-13-18-10-19(14-23)12-20(11-18)15-23/h18-22,24-26H,4-17H2,1-3H3/t18?,19?,20?,21-,22-,23?/m1/s1. The molecule has 0 heterocycles. The molecule has 0 aromatic carbocycles. The molecule has 3 heteroatoms. The predicted molar refractivity (Wildman–Crippen MR) is 113 cm³/mol. The highest BCUT2D eigenvalue weighted by atomic mass is 15.0. The summed E-state index contributed by atoms with van der Waals surface area (Å²) in [7, 11) is 2.07. The van der Waals surface area contributed by atoms with Crippen molar-refractivity contribution in [2.75, 3.05) is 26.7 Å². The third kappa shape index (κ3) is 5.45. The van der Waals surface area contributed by atoms with Gasteiger partial charge in [0.1, 0.15) is 0 Å². The third-order valence-corrected chi connectivity index (χ3v) is 7.63. The van der Waals surface area contributed by atoms with Crippen molar-refractivity contribution >= 4 is 0 Å². The van der Waals surface area contributed by atoms with Gasteiger partial charge in [0, 0.05) is 25.2 Å². The second-order valence-electron chi connectivity index (χ2n) is 10.1. The van der Waals surface area contributed by atoms with Gasteiger partial charge >= 0.3 is 0 Å². The first kappa shape index (κ1) is 20.6. The van der Waals surface area contributed by atoms with E-state index in [2.05, 4.69) is 36.8 Å². The summed E-state index contributed by atoms with van der Waals surface area (Å²) in [6, 6.07) is 1.26. The molecule has 2 atom stereocenters. The zero-order valence-electron chi connectivity index (χ0n) is 17.8. The van der Waals surface area contributed by atoms with Gasteiger partial charge < -0.3 is 16.0 Å². The van der Waals surface area contributed by atoms with E-state index < -0.39 is 0 Å². The summed E-state index contributed by atoms with van der Waals surface area (Å²) in [5.74, 6) is 3.27. The zero-order chi connectivity index (χ0) is 18.4. The molecule has 3 N–H and O–H groups in total. The van der Waals surface area contributed by atoms with E-state index in [1.807, 2.05) is 0 Å². The molecule has 4 bridgehead atoms. The first-order chi connectivity index (χ1) is 12.7. The molecular weight excluding hydrogens is 318 g/mol. The van der Waals surface area contributed by atoms with Crippen LogP contribution >= 0.6 is 0 Å². The van der Waals surface area contributed by atoms with Crippen LogP contribution in [0.1, 0.15) is 84.5 Å². The van der Waals surface area contributed by atoms with Crippen molar-refractivity contribution in [3.8, 4) is 0 Å². The minimum atomic E-state index is 0.620. The van der Waals surface area contributed by atoms with Gasteiger partial charge in [-0.1, -0.05) is 26.7 Å². The van der Waals surface area contributed by atoms with Crippen LogP contribution in [-0.4, -0.2) is 38.8 Å². The molecule has 4 aliphatic carbocycles. The molecule has 4 fully saturated rings. The highest BCUT2D eigenvalue weighted by molar-refractivity contribution is 5.01. The summed E-state index contributed by atoms with van der Waals surface area (Å²) in [5.41, 5.74) is 0.725. The lowest BCUT2D eigenvalue weighted by Crippen LogP contribution is -2.49. The van der Waals surface area contributed by atoms with E-state index in [4.69, 9.17) is 0 Å². The summed E-state index contributed by atoms with van der Waals surface area (Å²) < 4.78 is 0. The molecule has 0 unspecified atom stereocenters. The normalized spacial score (nSPS) is 35.0. The summed E-state index contributed by atoms with van der Waals surface area (Å²) in [6.07, 6.45) is 15.9. The van der Waals surface area contributed by atoms with Gasteiger partial charge in [0.2, 0.25) is 0 Å². The van der Waals surface area contributed by atoms with Gasteiger partial charge in [-0.05, 0) is 94.5 Å². The molecule has 0 saturated heterocycles. The van der Waals surface area contributed by atoms with Crippen molar-refractivity contribution < 1.29 is 0 Å². The molecule has 0 aromatic rings. The van der Waals surface area contributed by atoms with Crippen LogP contribution in [0.3, 0.4) is 0 Å². The van der Waals surface area contributed by atoms with Crippen molar-refractivity contribution in [2.45, 2.75) is 96.6 Å². The Kier molecular flexibility index (Phi) is 7.84. The number of rotatable bonds is 13. The van der Waals surface area contributed by atoms with Crippen LogP contribution in [0.25, 0.3) is 0 Å². The Morgan fingerprint density at radius 2 is 1.35 bits per heavy atom. The van der Waals surface area contributed by atoms with Gasteiger partial charge in [-0.15, -0.1) is 0 Å². The van der Waals surface area contributed by atoms with Gasteiger partial charge in [-0.3, -0.25) is 0 Å². The number of nitrogens with one attached hydrogen (secondary N) is 3. The third-order valence-electron chi connectivity index (χ3n) is 7.63. The molecule has 4 rings (SSSR count). The van der Waals surface area contributed by atoms with E-state index in [0.717, 1.165) is 36.3 Å². The Labute approximate surface area is 162 Å². The lowest BCUT2D eigenvalue weighted by molar-refractivity contribution is -0.0570. The highest BCUT2D eigenvalue weighted by Gasteiger charge is 2.50. The van der Waals surface area contributed by atoms with Crippen molar-refractivity contribution in [1.29, 1.82) is 0 Å². The van der Waals surface area contributed by atoms with Crippen LogP contribution in [0.15, 0.2) is 0 Å². The van der Waals surface area contributed by atoms with Crippen LogP contribution in [-0.2, 0) is 0 Å². The summed E-state index contributed by atoms with van der Waals surface area (Å²) in [5, 5.41) is 11.1. The fourth-order valence-corrected chi connectivity index (χ4v) is 6.94. The van der Waals surface area contributed by atoms with Crippen LogP contribution in [0.2, 0.25) is 0 Å². The first-order valence-corrected chi connectivity index (χ1v) is 11.8. The number of hydrogen-bond donors (Lipinski definition) is 3. The van der Waals surface area contributed by atoms with Crippen molar-refractivity contribution in [2.24, 2.45) is 23.2 Å². The second kappa shape index (κ2) is 9.89. The van der Waals surface area contributed by atoms with Crippen molar-refractivity contribution in [3.63, 3.8) is 0 Å². The summed E-state index contributed by atoms with van der Waals surface area (Å²) in [6.45, 7) is 8.06. The second-order valence-corrected chi connectivity index (χ2v) is 10.1. The van der Waals surface area contributed by atoms with Gasteiger partial charge in [-0.2, -0.15) is 0 Å². The van der Waals surface area contributed by atoms with Crippen LogP contribution in [0, 0.1) is 23.2 Å². The van der Waals surface area contributed by atoms with Crippen molar-refractivity contribution in [3.05, 3.63) is 0 Å². The molecule has 3 nitrogen and oxygen atoms in total. The van der Waals surface area contributed by atoms with E-state index in [1.54, 1.807) is 38.5 Å². The van der Waals surface area contributed by atoms with Crippen LogP contribution in [0.5, 0.6) is 0 Å². The SMILES string of the molecule is CCC[C@H](CNC)NC[C@@H](CCC)NCCC12CC3CC(CC(C3)C1)C2. The minimum absolute atomic E-state index is 0.620. The van der Waals surface area contributed by atoms with E-state index in [0.29, 0.717) is 12.1 Å². The van der Waals surface area contributed by atoms with Gasteiger partial charge in [0.15, 0.2) is 0 Å². The van der Waals surface area contributed by atoms with Crippen molar-refractivity contribution in [1.82, 2.24) is 16.0 Å². The largest absolute Gasteiger partial charge is 0.318 e.